The molecule has 0 radical (unpaired) electrons. The molecule has 0 aromatic heterocycles. The SMILES string of the molecule is CNCC(O)c1cc2c(c(Br)c1OC)CCCC2. The Morgan fingerprint density at radius 2 is 2.17 bits per heavy atom. The third-order valence-corrected chi connectivity index (χ3v) is 4.37. The van der Waals surface area contributed by atoms with Gasteiger partial charge in [0.25, 0.3) is 0 Å². The molecule has 0 amide bonds. The van der Waals surface area contributed by atoms with Crippen LogP contribution >= 0.6 is 15.9 Å². The van der Waals surface area contributed by atoms with Crippen molar-refractivity contribution in [2.75, 3.05) is 20.7 Å². The van der Waals surface area contributed by atoms with E-state index < -0.39 is 6.10 Å². The first-order chi connectivity index (χ1) is 8.69. The van der Waals surface area contributed by atoms with Crippen molar-refractivity contribution in [1.29, 1.82) is 0 Å². The molecule has 0 saturated heterocycles. The van der Waals surface area contributed by atoms with Gasteiger partial charge in [-0.3, -0.25) is 0 Å². The predicted molar refractivity (Wildman–Crippen MR) is 76.2 cm³/mol. The van der Waals surface area contributed by atoms with Crippen molar-refractivity contribution < 1.29 is 9.84 Å². The molecule has 1 aliphatic carbocycles. The summed E-state index contributed by atoms with van der Waals surface area (Å²) in [5.41, 5.74) is 3.57. The first kappa shape index (κ1) is 13.8. The molecule has 1 aliphatic rings. The fourth-order valence-electron chi connectivity index (χ4n) is 2.61. The van der Waals surface area contributed by atoms with Gasteiger partial charge in [-0.2, -0.15) is 0 Å². The first-order valence-corrected chi connectivity index (χ1v) is 7.19. The van der Waals surface area contributed by atoms with Gasteiger partial charge in [-0.1, -0.05) is 0 Å². The number of aryl methyl sites for hydroxylation is 1. The van der Waals surface area contributed by atoms with Gasteiger partial charge in [0.2, 0.25) is 0 Å². The minimum Gasteiger partial charge on any atom is -0.495 e. The Kier molecular flexibility index (Phi) is 4.65. The number of rotatable bonds is 4. The number of fused-ring (bicyclic) bond motifs is 1. The van der Waals surface area contributed by atoms with Crippen LogP contribution in [-0.2, 0) is 12.8 Å². The number of halogens is 1. The van der Waals surface area contributed by atoms with E-state index in [1.54, 1.807) is 7.11 Å². The van der Waals surface area contributed by atoms with Crippen LogP contribution in [0.2, 0.25) is 0 Å². The van der Waals surface area contributed by atoms with Crippen LogP contribution in [-0.4, -0.2) is 25.8 Å². The first-order valence-electron chi connectivity index (χ1n) is 6.39. The number of benzene rings is 1. The Balaban J connectivity index is 2.48. The van der Waals surface area contributed by atoms with Crippen LogP contribution in [0.4, 0.5) is 0 Å². The molecule has 0 aliphatic heterocycles. The van der Waals surface area contributed by atoms with Gasteiger partial charge in [-0.25, -0.2) is 0 Å². The molecule has 100 valence electrons. The van der Waals surface area contributed by atoms with Gasteiger partial charge in [0.05, 0.1) is 17.7 Å². The van der Waals surface area contributed by atoms with E-state index in [0.29, 0.717) is 6.54 Å². The van der Waals surface area contributed by atoms with E-state index in [4.69, 9.17) is 4.74 Å². The number of aliphatic hydroxyl groups is 1. The molecular weight excluding hydrogens is 294 g/mol. The predicted octanol–water partition coefficient (Wildman–Crippen LogP) is 2.59. The Hall–Kier alpha value is -0.580. The molecule has 4 heteroatoms. The number of likely N-dealkylation sites (N-methyl/N-ethyl adjacent to an activating group) is 1. The zero-order chi connectivity index (χ0) is 13.1. The molecule has 0 fully saturated rings. The maximum Gasteiger partial charge on any atom is 0.139 e. The zero-order valence-electron chi connectivity index (χ0n) is 10.9. The second kappa shape index (κ2) is 6.04. The molecule has 2 N–H and O–H groups in total. The van der Waals surface area contributed by atoms with Crippen LogP contribution in [0.1, 0.15) is 35.6 Å². The van der Waals surface area contributed by atoms with E-state index in [1.165, 1.54) is 24.0 Å². The Morgan fingerprint density at radius 3 is 2.83 bits per heavy atom. The molecule has 1 aromatic rings. The van der Waals surface area contributed by atoms with Gasteiger partial charge in [0.1, 0.15) is 5.75 Å². The molecule has 3 nitrogen and oxygen atoms in total. The van der Waals surface area contributed by atoms with E-state index in [2.05, 4.69) is 27.3 Å². The molecule has 1 atom stereocenters. The lowest BCUT2D eigenvalue weighted by Crippen LogP contribution is -2.18. The van der Waals surface area contributed by atoms with E-state index in [0.717, 1.165) is 28.6 Å². The van der Waals surface area contributed by atoms with Crippen molar-refractivity contribution in [3.8, 4) is 5.75 Å². The van der Waals surface area contributed by atoms with Crippen molar-refractivity contribution in [3.63, 3.8) is 0 Å². The van der Waals surface area contributed by atoms with Crippen molar-refractivity contribution in [2.45, 2.75) is 31.8 Å². The fraction of sp³-hybridized carbons (Fsp3) is 0.571. The number of ether oxygens (including phenoxy) is 1. The summed E-state index contributed by atoms with van der Waals surface area (Å²) in [6, 6.07) is 2.11. The van der Waals surface area contributed by atoms with Gasteiger partial charge in [0, 0.05) is 12.1 Å². The Morgan fingerprint density at radius 1 is 1.44 bits per heavy atom. The summed E-state index contributed by atoms with van der Waals surface area (Å²) in [7, 11) is 3.49. The molecular formula is C14H20BrNO2. The summed E-state index contributed by atoms with van der Waals surface area (Å²) in [4.78, 5) is 0. The lowest BCUT2D eigenvalue weighted by molar-refractivity contribution is 0.173. The van der Waals surface area contributed by atoms with Crippen LogP contribution in [0.3, 0.4) is 0 Å². The molecule has 0 heterocycles. The van der Waals surface area contributed by atoms with Gasteiger partial charge >= 0.3 is 0 Å². The van der Waals surface area contributed by atoms with E-state index in [-0.39, 0.29) is 0 Å². The molecule has 0 saturated carbocycles. The number of hydrogen-bond donors (Lipinski definition) is 2. The maximum atomic E-state index is 10.2. The van der Waals surface area contributed by atoms with Crippen molar-refractivity contribution in [2.24, 2.45) is 0 Å². The zero-order valence-corrected chi connectivity index (χ0v) is 12.5. The van der Waals surface area contributed by atoms with Crippen LogP contribution in [0.15, 0.2) is 10.5 Å². The minimum atomic E-state index is -0.534. The highest BCUT2D eigenvalue weighted by molar-refractivity contribution is 9.10. The quantitative estimate of drug-likeness (QED) is 0.897. The topological polar surface area (TPSA) is 41.5 Å². The number of aliphatic hydroxyl groups excluding tert-OH is 1. The number of methoxy groups -OCH3 is 1. The van der Waals surface area contributed by atoms with Crippen molar-refractivity contribution in [3.05, 3.63) is 27.2 Å². The monoisotopic (exact) mass is 313 g/mol. The second-order valence-electron chi connectivity index (χ2n) is 4.73. The van der Waals surface area contributed by atoms with E-state index in [9.17, 15) is 5.11 Å². The van der Waals surface area contributed by atoms with Gasteiger partial charge in [0.15, 0.2) is 0 Å². The number of hydrogen-bond acceptors (Lipinski definition) is 3. The summed E-state index contributed by atoms with van der Waals surface area (Å²) >= 11 is 3.64. The second-order valence-corrected chi connectivity index (χ2v) is 5.52. The summed E-state index contributed by atoms with van der Waals surface area (Å²) in [6.07, 6.45) is 4.11. The van der Waals surface area contributed by atoms with Crippen LogP contribution in [0.5, 0.6) is 5.75 Å². The Bertz CT molecular complexity index is 434. The third kappa shape index (κ3) is 2.56. The highest BCUT2D eigenvalue weighted by Crippen LogP contribution is 2.40. The summed E-state index contributed by atoms with van der Waals surface area (Å²) in [5.74, 6) is 0.776. The molecule has 1 unspecified atom stereocenters. The lowest BCUT2D eigenvalue weighted by atomic mass is 9.89. The smallest absolute Gasteiger partial charge is 0.139 e. The van der Waals surface area contributed by atoms with Gasteiger partial charge in [-0.15, -0.1) is 0 Å². The average molecular weight is 314 g/mol. The number of nitrogens with one attached hydrogen (secondary N) is 1. The standard InChI is InChI=1S/C14H20BrNO2/c1-16-8-12(17)11-7-9-5-3-4-6-10(9)13(15)14(11)18-2/h7,12,16-17H,3-6,8H2,1-2H3. The molecule has 2 rings (SSSR count). The molecule has 18 heavy (non-hydrogen) atoms. The summed E-state index contributed by atoms with van der Waals surface area (Å²) in [6.45, 7) is 0.529. The van der Waals surface area contributed by atoms with Crippen LogP contribution in [0.25, 0.3) is 0 Å². The summed E-state index contributed by atoms with van der Waals surface area (Å²) < 4.78 is 6.50. The normalized spacial score (nSPS) is 16.2. The summed E-state index contributed by atoms with van der Waals surface area (Å²) in [5, 5.41) is 13.2. The van der Waals surface area contributed by atoms with Crippen molar-refractivity contribution >= 4 is 15.9 Å². The highest BCUT2D eigenvalue weighted by Gasteiger charge is 2.22. The lowest BCUT2D eigenvalue weighted by Gasteiger charge is -2.23. The van der Waals surface area contributed by atoms with Crippen molar-refractivity contribution in [1.82, 2.24) is 5.32 Å². The van der Waals surface area contributed by atoms with E-state index in [1.807, 2.05) is 7.05 Å². The van der Waals surface area contributed by atoms with E-state index >= 15 is 0 Å². The van der Waals surface area contributed by atoms with Gasteiger partial charge in [-0.05, 0) is 65.9 Å². The fourth-order valence-corrected chi connectivity index (χ4v) is 3.46. The largest absolute Gasteiger partial charge is 0.495 e. The van der Waals surface area contributed by atoms with Gasteiger partial charge < -0.3 is 15.2 Å². The minimum absolute atomic E-state index is 0.529. The maximum absolute atomic E-state index is 10.2. The molecule has 1 aromatic carbocycles. The van der Waals surface area contributed by atoms with Crippen LogP contribution < -0.4 is 10.1 Å². The molecule has 0 spiro atoms. The Labute approximate surface area is 117 Å². The third-order valence-electron chi connectivity index (χ3n) is 3.53. The average Bonchev–Trinajstić information content (AvgIpc) is 2.39. The highest BCUT2D eigenvalue weighted by atomic mass is 79.9. The van der Waals surface area contributed by atoms with Crippen LogP contribution in [0, 0.1) is 0 Å². The molecule has 0 bridgehead atoms.